The van der Waals surface area contributed by atoms with Gasteiger partial charge in [0.2, 0.25) is 5.91 Å². The molecule has 0 radical (unpaired) electrons. The molecular formula is C21H17ClFNO2. The summed E-state index contributed by atoms with van der Waals surface area (Å²) in [6.07, 6.45) is 0. The smallest absolute Gasteiger partial charge is 0.224 e. The van der Waals surface area contributed by atoms with Crippen molar-refractivity contribution in [3.63, 3.8) is 0 Å². The van der Waals surface area contributed by atoms with Gasteiger partial charge in [-0.1, -0.05) is 48.0 Å². The second-order valence-corrected chi connectivity index (χ2v) is 6.13. The van der Waals surface area contributed by atoms with Crippen molar-refractivity contribution >= 4 is 23.2 Å². The van der Waals surface area contributed by atoms with Crippen LogP contribution in [0.4, 0.5) is 10.1 Å². The van der Waals surface area contributed by atoms with Gasteiger partial charge in [-0.3, -0.25) is 4.79 Å². The van der Waals surface area contributed by atoms with Crippen LogP contribution in [0.3, 0.4) is 0 Å². The van der Waals surface area contributed by atoms with E-state index in [4.69, 9.17) is 16.3 Å². The van der Waals surface area contributed by atoms with Crippen molar-refractivity contribution < 1.29 is 13.9 Å². The summed E-state index contributed by atoms with van der Waals surface area (Å²) in [4.78, 5) is 13.7. The van der Waals surface area contributed by atoms with Crippen molar-refractivity contribution in [3.8, 4) is 11.5 Å². The van der Waals surface area contributed by atoms with Crippen LogP contribution >= 0.6 is 11.6 Å². The highest BCUT2D eigenvalue weighted by molar-refractivity contribution is 6.31. The van der Waals surface area contributed by atoms with Gasteiger partial charge in [-0.2, -0.15) is 0 Å². The maximum atomic E-state index is 13.9. The van der Waals surface area contributed by atoms with Crippen LogP contribution in [0.1, 0.15) is 12.5 Å². The quantitative estimate of drug-likeness (QED) is 0.567. The Morgan fingerprint density at radius 1 is 1.04 bits per heavy atom. The van der Waals surface area contributed by atoms with Crippen LogP contribution < -0.4 is 9.64 Å². The minimum absolute atomic E-state index is 0.212. The van der Waals surface area contributed by atoms with Gasteiger partial charge in [0.1, 0.15) is 11.6 Å². The number of carbonyl (C=O) groups is 1. The summed E-state index contributed by atoms with van der Waals surface area (Å²) in [5.41, 5.74) is 1.11. The highest BCUT2D eigenvalue weighted by Crippen LogP contribution is 2.34. The molecule has 3 aromatic rings. The summed E-state index contributed by atoms with van der Waals surface area (Å²) in [7, 11) is 0. The first kappa shape index (κ1) is 18.0. The summed E-state index contributed by atoms with van der Waals surface area (Å²) in [6, 6.07) is 20.5. The third-order valence-corrected chi connectivity index (χ3v) is 4.22. The SMILES string of the molecule is C[11C](=O)N(Cc1ccccc1Cl)c1cc(F)ccc1Oc1ccccc1. The van der Waals surface area contributed by atoms with Gasteiger partial charge in [0, 0.05) is 18.0 Å². The standard InChI is InChI=1S/C21H17ClFNO2/c1-15(25)24(14-16-7-5-6-10-19(16)22)20-13-17(23)11-12-21(20)26-18-8-3-2-4-9-18/h2-13H,14H2,1H3/i15-1. The molecule has 3 nitrogen and oxygen atoms in total. The first-order chi connectivity index (χ1) is 12.5. The van der Waals surface area contributed by atoms with E-state index in [-0.39, 0.29) is 12.5 Å². The van der Waals surface area contributed by atoms with E-state index in [9.17, 15) is 9.18 Å². The maximum absolute atomic E-state index is 13.9. The molecule has 0 bridgehead atoms. The predicted octanol–water partition coefficient (Wildman–Crippen LogP) is 5.82. The minimum atomic E-state index is -0.453. The highest BCUT2D eigenvalue weighted by Gasteiger charge is 2.19. The van der Waals surface area contributed by atoms with E-state index in [0.717, 1.165) is 5.56 Å². The molecule has 0 atom stereocenters. The number of carbonyl (C=O) groups excluding carboxylic acids is 1. The lowest BCUT2D eigenvalue weighted by Crippen LogP contribution is -2.28. The van der Waals surface area contributed by atoms with Gasteiger partial charge in [0.05, 0.1) is 12.2 Å². The Hall–Kier alpha value is -2.85. The fourth-order valence-electron chi connectivity index (χ4n) is 2.57. The van der Waals surface area contributed by atoms with Gasteiger partial charge in [-0.05, 0) is 35.9 Å². The highest BCUT2D eigenvalue weighted by atomic mass is 35.5. The van der Waals surface area contributed by atoms with Crippen molar-refractivity contribution in [1.29, 1.82) is 0 Å². The van der Waals surface area contributed by atoms with Crippen molar-refractivity contribution in [2.45, 2.75) is 13.5 Å². The molecule has 0 heterocycles. The Kier molecular flexibility index (Phi) is 5.54. The summed E-state index contributed by atoms with van der Waals surface area (Å²) >= 11 is 6.22. The molecule has 0 aliphatic carbocycles. The van der Waals surface area contributed by atoms with Crippen LogP contribution in [0, 0.1) is 5.82 Å². The molecule has 3 rings (SSSR count). The molecule has 132 valence electrons. The largest absolute Gasteiger partial charge is 0.455 e. The summed E-state index contributed by atoms with van der Waals surface area (Å²) in [5.74, 6) is 0.292. The van der Waals surface area contributed by atoms with E-state index in [1.54, 1.807) is 18.2 Å². The summed E-state index contributed by atoms with van der Waals surface area (Å²) < 4.78 is 19.8. The van der Waals surface area contributed by atoms with Crippen LogP contribution in [0.5, 0.6) is 11.5 Å². The normalized spacial score (nSPS) is 10.4. The lowest BCUT2D eigenvalue weighted by molar-refractivity contribution is -0.116. The van der Waals surface area contributed by atoms with Crippen LogP contribution in [0.25, 0.3) is 0 Å². The summed E-state index contributed by atoms with van der Waals surface area (Å²) in [5, 5.41) is 0.542. The molecule has 0 aromatic heterocycles. The third kappa shape index (κ3) is 4.21. The molecule has 0 unspecified atom stereocenters. The fraction of sp³-hybridized carbons (Fsp3) is 0.0952. The fourth-order valence-corrected chi connectivity index (χ4v) is 2.76. The third-order valence-electron chi connectivity index (χ3n) is 3.85. The van der Waals surface area contributed by atoms with E-state index in [1.165, 1.54) is 30.0 Å². The first-order valence-corrected chi connectivity index (χ1v) is 8.46. The number of hydrogen-bond donors (Lipinski definition) is 0. The van der Waals surface area contributed by atoms with Crippen LogP contribution in [0.15, 0.2) is 72.8 Å². The van der Waals surface area contributed by atoms with Gasteiger partial charge in [0.15, 0.2) is 5.75 Å². The molecule has 1 amide bonds. The van der Waals surface area contributed by atoms with Gasteiger partial charge >= 0.3 is 0 Å². The zero-order valence-corrected chi connectivity index (χ0v) is 14.9. The van der Waals surface area contributed by atoms with Gasteiger partial charge in [-0.15, -0.1) is 0 Å². The molecule has 0 saturated heterocycles. The molecule has 0 fully saturated rings. The number of para-hydroxylation sites is 1. The average molecular weight is 369 g/mol. The van der Waals surface area contributed by atoms with Crippen LogP contribution in [-0.4, -0.2) is 5.91 Å². The second-order valence-electron chi connectivity index (χ2n) is 5.72. The molecule has 0 spiro atoms. The average Bonchev–Trinajstić information content (AvgIpc) is 2.63. The number of halogens is 2. The van der Waals surface area contributed by atoms with Crippen molar-refractivity contribution in [2.24, 2.45) is 0 Å². The Bertz CT molecular complexity index is 915. The van der Waals surface area contributed by atoms with E-state index in [1.807, 2.05) is 36.4 Å². The van der Waals surface area contributed by atoms with Crippen molar-refractivity contribution in [1.82, 2.24) is 0 Å². The second kappa shape index (κ2) is 8.02. The topological polar surface area (TPSA) is 29.5 Å². The lowest BCUT2D eigenvalue weighted by atomic mass is 9.99. The first-order valence-electron chi connectivity index (χ1n) is 8.08. The van der Waals surface area contributed by atoms with E-state index >= 15 is 0 Å². The van der Waals surface area contributed by atoms with Crippen molar-refractivity contribution in [3.05, 3.63) is 89.2 Å². The number of amides is 1. The Balaban J connectivity index is 1.99. The number of rotatable bonds is 5. The Labute approximate surface area is 156 Å². The molecule has 3 aromatic carbocycles. The van der Waals surface area contributed by atoms with E-state index < -0.39 is 5.82 Å². The number of nitrogens with zero attached hydrogens (tertiary/aromatic N) is 1. The summed E-state index contributed by atoms with van der Waals surface area (Å²) in [6.45, 7) is 1.64. The van der Waals surface area contributed by atoms with Gasteiger partial charge in [-0.25, -0.2) is 4.39 Å². The molecule has 5 heteroatoms. The van der Waals surface area contributed by atoms with Gasteiger partial charge < -0.3 is 9.64 Å². The number of hydrogen-bond acceptors (Lipinski definition) is 2. The zero-order chi connectivity index (χ0) is 18.5. The number of ether oxygens (including phenoxy) is 1. The Morgan fingerprint density at radius 2 is 1.73 bits per heavy atom. The van der Waals surface area contributed by atoms with Crippen LogP contribution in [0.2, 0.25) is 5.02 Å². The molecule has 0 saturated carbocycles. The molecule has 0 aliphatic heterocycles. The van der Waals surface area contributed by atoms with Gasteiger partial charge in [0.25, 0.3) is 0 Å². The number of anilines is 1. The predicted molar refractivity (Wildman–Crippen MR) is 101 cm³/mol. The zero-order valence-electron chi connectivity index (χ0n) is 14.2. The monoisotopic (exact) mass is 368 g/mol. The molecule has 0 aliphatic rings. The molecule has 0 N–H and O–H groups in total. The number of benzene rings is 3. The van der Waals surface area contributed by atoms with E-state index in [0.29, 0.717) is 22.2 Å². The minimum Gasteiger partial charge on any atom is -0.455 e. The Morgan fingerprint density at radius 3 is 2.42 bits per heavy atom. The molecular weight excluding hydrogens is 352 g/mol. The maximum Gasteiger partial charge on any atom is 0.224 e. The van der Waals surface area contributed by atoms with E-state index in [2.05, 4.69) is 0 Å². The van der Waals surface area contributed by atoms with Crippen LogP contribution in [-0.2, 0) is 11.3 Å². The van der Waals surface area contributed by atoms with Crippen molar-refractivity contribution in [2.75, 3.05) is 4.90 Å². The molecule has 26 heavy (non-hydrogen) atoms. The lowest BCUT2D eigenvalue weighted by Gasteiger charge is -2.24.